The molecule has 0 spiro atoms. The van der Waals surface area contributed by atoms with Gasteiger partial charge in [-0.3, -0.25) is 0 Å². The van der Waals surface area contributed by atoms with Crippen LogP contribution in [0.3, 0.4) is 0 Å². The van der Waals surface area contributed by atoms with Gasteiger partial charge in [0.1, 0.15) is 5.76 Å². The number of aryl methyl sites for hydroxylation is 1. The Morgan fingerprint density at radius 2 is 2.04 bits per heavy atom. The van der Waals surface area contributed by atoms with Crippen molar-refractivity contribution in [3.63, 3.8) is 0 Å². The molecule has 0 aliphatic heterocycles. The normalized spacial score (nSPS) is 12.2. The van der Waals surface area contributed by atoms with E-state index in [2.05, 4.69) is 31.0 Å². The summed E-state index contributed by atoms with van der Waals surface area (Å²) in [7, 11) is 0. The van der Waals surface area contributed by atoms with Gasteiger partial charge >= 0.3 is 0 Å². The number of rotatable bonds is 6. The van der Waals surface area contributed by atoms with E-state index in [0.717, 1.165) is 30.0 Å². The summed E-state index contributed by atoms with van der Waals surface area (Å²) in [6, 6.07) is 9.85. The molecule has 0 aliphatic rings. The summed E-state index contributed by atoms with van der Waals surface area (Å²) < 4.78 is 5.57. The summed E-state index contributed by atoms with van der Waals surface area (Å²) in [6.45, 7) is 9.40. The van der Waals surface area contributed by atoms with Crippen LogP contribution in [0.15, 0.2) is 41.0 Å². The minimum absolute atomic E-state index is 0.0583. The summed E-state index contributed by atoms with van der Waals surface area (Å²) >= 11 is 12.0. The lowest BCUT2D eigenvalue weighted by molar-refractivity contribution is 0.281. The quantitative estimate of drug-likeness (QED) is 0.632. The summed E-state index contributed by atoms with van der Waals surface area (Å²) in [5.74, 6) is 1.50. The van der Waals surface area contributed by atoms with E-state index in [0.29, 0.717) is 16.1 Å². The number of benzene rings is 1. The molecular formula is C19H25ClN2OS. The Labute approximate surface area is 155 Å². The molecule has 24 heavy (non-hydrogen) atoms. The van der Waals surface area contributed by atoms with Gasteiger partial charge in [0, 0.05) is 6.54 Å². The Morgan fingerprint density at radius 3 is 2.62 bits per heavy atom. The second-order valence-corrected chi connectivity index (χ2v) is 7.27. The van der Waals surface area contributed by atoms with Crippen LogP contribution in [0.25, 0.3) is 0 Å². The van der Waals surface area contributed by atoms with E-state index in [1.807, 2.05) is 37.3 Å². The lowest BCUT2D eigenvalue weighted by Crippen LogP contribution is -2.38. The fourth-order valence-corrected chi connectivity index (χ4v) is 3.10. The van der Waals surface area contributed by atoms with E-state index < -0.39 is 0 Å². The molecule has 1 N–H and O–H groups in total. The summed E-state index contributed by atoms with van der Waals surface area (Å²) in [5.41, 5.74) is 1.95. The number of anilines is 1. The highest BCUT2D eigenvalue weighted by Crippen LogP contribution is 2.26. The maximum atomic E-state index is 6.33. The SMILES string of the molecule is Cc1ccc(NC(=S)N(CCC(C)C)C(C)c2ccco2)c(Cl)c1. The first-order chi connectivity index (χ1) is 11.4. The first kappa shape index (κ1) is 18.8. The van der Waals surface area contributed by atoms with E-state index in [1.165, 1.54) is 0 Å². The monoisotopic (exact) mass is 364 g/mol. The summed E-state index contributed by atoms with van der Waals surface area (Å²) in [6.07, 6.45) is 2.74. The van der Waals surface area contributed by atoms with Gasteiger partial charge in [-0.2, -0.15) is 0 Å². The molecule has 1 aromatic heterocycles. The van der Waals surface area contributed by atoms with Crippen LogP contribution >= 0.6 is 23.8 Å². The Morgan fingerprint density at radius 1 is 1.29 bits per heavy atom. The van der Waals surface area contributed by atoms with Crippen LogP contribution in [0.1, 0.15) is 44.6 Å². The zero-order valence-electron chi connectivity index (χ0n) is 14.7. The summed E-state index contributed by atoms with van der Waals surface area (Å²) in [4.78, 5) is 2.16. The third-order valence-electron chi connectivity index (χ3n) is 4.00. The zero-order chi connectivity index (χ0) is 17.7. The van der Waals surface area contributed by atoms with Gasteiger partial charge in [0.25, 0.3) is 0 Å². The fraction of sp³-hybridized carbons (Fsp3) is 0.421. The van der Waals surface area contributed by atoms with E-state index in [-0.39, 0.29) is 6.04 Å². The van der Waals surface area contributed by atoms with Crippen molar-refractivity contribution in [3.05, 3.63) is 52.9 Å². The van der Waals surface area contributed by atoms with Gasteiger partial charge in [-0.1, -0.05) is 31.5 Å². The molecule has 5 heteroatoms. The van der Waals surface area contributed by atoms with Gasteiger partial charge in [0.05, 0.1) is 23.0 Å². The van der Waals surface area contributed by atoms with Crippen molar-refractivity contribution in [2.45, 2.75) is 40.2 Å². The van der Waals surface area contributed by atoms with E-state index >= 15 is 0 Å². The minimum Gasteiger partial charge on any atom is -0.467 e. The number of furan rings is 1. The molecule has 1 aromatic carbocycles. The molecule has 1 unspecified atom stereocenters. The van der Waals surface area contributed by atoms with E-state index in [9.17, 15) is 0 Å². The fourth-order valence-electron chi connectivity index (χ4n) is 2.46. The molecule has 0 aliphatic carbocycles. The van der Waals surface area contributed by atoms with Crippen LogP contribution in [0, 0.1) is 12.8 Å². The van der Waals surface area contributed by atoms with Crippen LogP contribution in [-0.2, 0) is 0 Å². The van der Waals surface area contributed by atoms with Crippen molar-refractivity contribution in [3.8, 4) is 0 Å². The lowest BCUT2D eigenvalue weighted by atomic mass is 10.1. The molecule has 130 valence electrons. The van der Waals surface area contributed by atoms with Crippen LogP contribution in [0.4, 0.5) is 5.69 Å². The van der Waals surface area contributed by atoms with E-state index in [4.69, 9.17) is 28.2 Å². The Kier molecular flexibility index (Phi) is 6.69. The van der Waals surface area contributed by atoms with Gasteiger partial charge in [0.15, 0.2) is 5.11 Å². The average molecular weight is 365 g/mol. The predicted octanol–water partition coefficient (Wildman–Crippen LogP) is 6.05. The number of halogens is 1. The molecule has 0 bridgehead atoms. The molecule has 3 nitrogen and oxygen atoms in total. The zero-order valence-corrected chi connectivity index (χ0v) is 16.2. The Hall–Kier alpha value is -1.52. The topological polar surface area (TPSA) is 28.4 Å². The standard InChI is InChI=1S/C19H25ClN2OS/c1-13(2)9-10-22(15(4)18-6-5-11-23-18)19(24)21-17-8-7-14(3)12-16(17)20/h5-8,11-13,15H,9-10H2,1-4H3,(H,21,24). The van der Waals surface area contributed by atoms with Crippen LogP contribution in [0.2, 0.25) is 5.02 Å². The third kappa shape index (κ3) is 4.99. The maximum absolute atomic E-state index is 6.33. The maximum Gasteiger partial charge on any atom is 0.174 e. The molecule has 0 saturated heterocycles. The molecule has 2 aromatic rings. The molecular weight excluding hydrogens is 340 g/mol. The van der Waals surface area contributed by atoms with Crippen molar-refractivity contribution in [1.29, 1.82) is 0 Å². The van der Waals surface area contributed by atoms with E-state index in [1.54, 1.807) is 6.26 Å². The van der Waals surface area contributed by atoms with Gasteiger partial charge in [-0.05, 0) is 68.2 Å². The number of hydrogen-bond donors (Lipinski definition) is 1. The second-order valence-electron chi connectivity index (χ2n) is 6.48. The molecule has 1 atom stereocenters. The smallest absolute Gasteiger partial charge is 0.174 e. The highest BCUT2D eigenvalue weighted by atomic mass is 35.5. The van der Waals surface area contributed by atoms with Gasteiger partial charge < -0.3 is 14.6 Å². The van der Waals surface area contributed by atoms with Gasteiger partial charge in [-0.25, -0.2) is 0 Å². The van der Waals surface area contributed by atoms with Crippen molar-refractivity contribution in [2.24, 2.45) is 5.92 Å². The number of nitrogens with one attached hydrogen (secondary N) is 1. The highest BCUT2D eigenvalue weighted by molar-refractivity contribution is 7.80. The van der Waals surface area contributed by atoms with Crippen LogP contribution in [0.5, 0.6) is 0 Å². The number of thiocarbonyl (C=S) groups is 1. The number of hydrogen-bond acceptors (Lipinski definition) is 2. The second kappa shape index (κ2) is 8.54. The molecule has 2 rings (SSSR count). The van der Waals surface area contributed by atoms with Crippen LogP contribution < -0.4 is 5.32 Å². The first-order valence-corrected chi connectivity index (χ1v) is 9.04. The molecule has 0 fully saturated rings. The molecule has 0 saturated carbocycles. The molecule has 1 heterocycles. The van der Waals surface area contributed by atoms with Crippen molar-refractivity contribution in [1.82, 2.24) is 4.90 Å². The van der Waals surface area contributed by atoms with Crippen LogP contribution in [-0.4, -0.2) is 16.6 Å². The Balaban J connectivity index is 2.17. The highest BCUT2D eigenvalue weighted by Gasteiger charge is 2.21. The van der Waals surface area contributed by atoms with Crippen molar-refractivity contribution >= 4 is 34.6 Å². The predicted molar refractivity (Wildman–Crippen MR) is 106 cm³/mol. The average Bonchev–Trinajstić information content (AvgIpc) is 3.04. The third-order valence-corrected chi connectivity index (χ3v) is 4.65. The summed E-state index contributed by atoms with van der Waals surface area (Å²) in [5, 5.41) is 4.62. The number of nitrogens with zero attached hydrogens (tertiary/aromatic N) is 1. The lowest BCUT2D eigenvalue weighted by Gasteiger charge is -2.31. The van der Waals surface area contributed by atoms with Crippen molar-refractivity contribution < 1.29 is 4.42 Å². The van der Waals surface area contributed by atoms with Gasteiger partial charge in [-0.15, -0.1) is 0 Å². The van der Waals surface area contributed by atoms with Crippen molar-refractivity contribution in [2.75, 3.05) is 11.9 Å². The minimum atomic E-state index is 0.0583. The first-order valence-electron chi connectivity index (χ1n) is 8.25. The Bertz CT molecular complexity index is 670. The largest absolute Gasteiger partial charge is 0.467 e. The molecule has 0 amide bonds. The molecule has 0 radical (unpaired) electrons. The van der Waals surface area contributed by atoms with Gasteiger partial charge in [0.2, 0.25) is 0 Å².